The SMILES string of the molecule is CC(C)NCC1CCN(S(=O)(=O)NC(C)C2CC2)CC1. The topological polar surface area (TPSA) is 61.4 Å². The minimum absolute atomic E-state index is 0.0836. The molecule has 0 radical (unpaired) electrons. The van der Waals surface area contributed by atoms with E-state index in [1.807, 2.05) is 6.92 Å². The van der Waals surface area contributed by atoms with Crippen molar-refractivity contribution >= 4 is 10.2 Å². The molecule has 1 atom stereocenters. The quantitative estimate of drug-likeness (QED) is 0.746. The van der Waals surface area contributed by atoms with Gasteiger partial charge in [0.2, 0.25) is 0 Å². The minimum Gasteiger partial charge on any atom is -0.314 e. The highest BCUT2D eigenvalue weighted by Crippen LogP contribution is 2.33. The Bertz CT molecular complexity index is 399. The van der Waals surface area contributed by atoms with Gasteiger partial charge in [0.1, 0.15) is 0 Å². The Hall–Kier alpha value is -0.170. The molecular weight excluding hydrogens is 274 g/mol. The van der Waals surface area contributed by atoms with Crippen molar-refractivity contribution in [3.8, 4) is 0 Å². The number of piperidine rings is 1. The molecule has 5 nitrogen and oxygen atoms in total. The Morgan fingerprint density at radius 3 is 2.20 bits per heavy atom. The maximum absolute atomic E-state index is 12.3. The van der Waals surface area contributed by atoms with Crippen molar-refractivity contribution in [1.82, 2.24) is 14.3 Å². The predicted molar refractivity (Wildman–Crippen MR) is 81.7 cm³/mol. The summed E-state index contributed by atoms with van der Waals surface area (Å²) in [5.74, 6) is 1.15. The zero-order chi connectivity index (χ0) is 14.8. The molecule has 1 unspecified atom stereocenters. The van der Waals surface area contributed by atoms with Crippen LogP contribution in [0, 0.1) is 11.8 Å². The zero-order valence-corrected chi connectivity index (χ0v) is 13.7. The molecule has 1 heterocycles. The third kappa shape index (κ3) is 4.69. The van der Waals surface area contributed by atoms with Gasteiger partial charge in [-0.1, -0.05) is 13.8 Å². The summed E-state index contributed by atoms with van der Waals surface area (Å²) in [6.45, 7) is 8.56. The Morgan fingerprint density at radius 2 is 1.70 bits per heavy atom. The fourth-order valence-corrected chi connectivity index (χ4v) is 4.26. The highest BCUT2D eigenvalue weighted by molar-refractivity contribution is 7.87. The molecule has 20 heavy (non-hydrogen) atoms. The minimum atomic E-state index is -3.28. The highest BCUT2D eigenvalue weighted by atomic mass is 32.2. The van der Waals surface area contributed by atoms with Crippen LogP contribution in [0.4, 0.5) is 0 Å². The van der Waals surface area contributed by atoms with Crippen LogP contribution < -0.4 is 10.0 Å². The molecular formula is C14H29N3O2S. The number of nitrogens with one attached hydrogen (secondary N) is 2. The van der Waals surface area contributed by atoms with Gasteiger partial charge >= 0.3 is 0 Å². The van der Waals surface area contributed by atoms with Crippen molar-refractivity contribution < 1.29 is 8.42 Å². The summed E-state index contributed by atoms with van der Waals surface area (Å²) >= 11 is 0. The third-order valence-electron chi connectivity index (χ3n) is 4.39. The molecule has 0 aromatic heterocycles. The highest BCUT2D eigenvalue weighted by Gasteiger charge is 2.34. The maximum atomic E-state index is 12.3. The second kappa shape index (κ2) is 6.73. The molecule has 2 rings (SSSR count). The van der Waals surface area contributed by atoms with E-state index in [4.69, 9.17) is 0 Å². The van der Waals surface area contributed by atoms with E-state index >= 15 is 0 Å². The van der Waals surface area contributed by atoms with Gasteiger partial charge < -0.3 is 5.32 Å². The number of rotatable bonds is 7. The van der Waals surface area contributed by atoms with Crippen molar-refractivity contribution in [2.24, 2.45) is 11.8 Å². The van der Waals surface area contributed by atoms with Gasteiger partial charge in [0.05, 0.1) is 0 Å². The molecule has 0 aromatic carbocycles. The lowest BCUT2D eigenvalue weighted by Crippen LogP contribution is -2.49. The molecule has 2 N–H and O–H groups in total. The van der Waals surface area contributed by atoms with E-state index in [0.717, 1.165) is 32.2 Å². The molecule has 118 valence electrons. The van der Waals surface area contributed by atoms with Crippen molar-refractivity contribution in [2.75, 3.05) is 19.6 Å². The summed E-state index contributed by atoms with van der Waals surface area (Å²) < 4.78 is 29.1. The van der Waals surface area contributed by atoms with Gasteiger partial charge in [-0.05, 0) is 51.0 Å². The zero-order valence-electron chi connectivity index (χ0n) is 12.9. The van der Waals surface area contributed by atoms with Gasteiger partial charge in [-0.3, -0.25) is 0 Å². The molecule has 0 bridgehead atoms. The fourth-order valence-electron chi connectivity index (χ4n) is 2.76. The van der Waals surface area contributed by atoms with Crippen LogP contribution in [-0.4, -0.2) is 44.4 Å². The van der Waals surface area contributed by atoms with Crippen molar-refractivity contribution in [3.63, 3.8) is 0 Å². The predicted octanol–water partition coefficient (Wildman–Crippen LogP) is 1.33. The Labute approximate surface area is 123 Å². The van der Waals surface area contributed by atoms with Gasteiger partial charge in [-0.25, -0.2) is 0 Å². The van der Waals surface area contributed by atoms with E-state index in [9.17, 15) is 8.42 Å². The van der Waals surface area contributed by atoms with Crippen LogP contribution in [0.3, 0.4) is 0 Å². The summed E-state index contributed by atoms with van der Waals surface area (Å²) in [7, 11) is -3.28. The first-order chi connectivity index (χ1) is 9.38. The Kier molecular flexibility index (Phi) is 5.45. The smallest absolute Gasteiger partial charge is 0.279 e. The Morgan fingerprint density at radius 1 is 1.10 bits per heavy atom. The first-order valence-corrected chi connectivity index (χ1v) is 9.33. The van der Waals surface area contributed by atoms with Crippen LogP contribution in [0.15, 0.2) is 0 Å². The average Bonchev–Trinajstić information content (AvgIpc) is 3.20. The first kappa shape index (κ1) is 16.2. The average molecular weight is 303 g/mol. The van der Waals surface area contributed by atoms with E-state index in [-0.39, 0.29) is 6.04 Å². The summed E-state index contributed by atoms with van der Waals surface area (Å²) in [6, 6.07) is 0.582. The van der Waals surface area contributed by atoms with Crippen LogP contribution in [0.1, 0.15) is 46.5 Å². The van der Waals surface area contributed by atoms with E-state index in [0.29, 0.717) is 31.0 Å². The molecule has 0 amide bonds. The van der Waals surface area contributed by atoms with Crippen molar-refractivity contribution in [1.29, 1.82) is 0 Å². The lowest BCUT2D eigenvalue weighted by atomic mass is 9.98. The van der Waals surface area contributed by atoms with E-state index in [2.05, 4.69) is 23.9 Å². The summed E-state index contributed by atoms with van der Waals surface area (Å²) in [5.41, 5.74) is 0. The molecule has 1 saturated carbocycles. The monoisotopic (exact) mass is 303 g/mol. The summed E-state index contributed by atoms with van der Waals surface area (Å²) in [5, 5.41) is 3.44. The second-order valence-electron chi connectivity index (χ2n) is 6.65. The van der Waals surface area contributed by atoms with Gasteiger partial charge in [0, 0.05) is 25.2 Å². The van der Waals surface area contributed by atoms with Gasteiger partial charge in [0.15, 0.2) is 0 Å². The standard InChI is InChI=1S/C14H29N3O2S/c1-11(2)15-10-13-6-8-17(9-7-13)20(18,19)16-12(3)14-4-5-14/h11-16H,4-10H2,1-3H3. The largest absolute Gasteiger partial charge is 0.314 e. The molecule has 1 aliphatic carbocycles. The molecule has 0 spiro atoms. The lowest BCUT2D eigenvalue weighted by Gasteiger charge is -2.32. The second-order valence-corrected chi connectivity index (χ2v) is 8.36. The van der Waals surface area contributed by atoms with Crippen LogP contribution in [-0.2, 0) is 10.2 Å². The van der Waals surface area contributed by atoms with Crippen LogP contribution in [0.25, 0.3) is 0 Å². The Balaban J connectivity index is 1.77. The molecule has 1 saturated heterocycles. The summed E-state index contributed by atoms with van der Waals surface area (Å²) in [6.07, 6.45) is 4.23. The number of nitrogens with zero attached hydrogens (tertiary/aromatic N) is 1. The van der Waals surface area contributed by atoms with Crippen molar-refractivity contribution in [2.45, 2.75) is 58.5 Å². The van der Waals surface area contributed by atoms with Crippen molar-refractivity contribution in [3.05, 3.63) is 0 Å². The van der Waals surface area contributed by atoms with Gasteiger partial charge in [0.25, 0.3) is 10.2 Å². The van der Waals surface area contributed by atoms with Crippen LogP contribution >= 0.6 is 0 Å². The fraction of sp³-hybridized carbons (Fsp3) is 1.00. The van der Waals surface area contributed by atoms with E-state index in [1.54, 1.807) is 4.31 Å². The molecule has 2 fully saturated rings. The van der Waals surface area contributed by atoms with E-state index in [1.165, 1.54) is 0 Å². The molecule has 6 heteroatoms. The normalized spacial score (nSPS) is 24.2. The van der Waals surface area contributed by atoms with Gasteiger partial charge in [-0.2, -0.15) is 17.4 Å². The summed E-state index contributed by atoms with van der Waals surface area (Å²) in [4.78, 5) is 0. The van der Waals surface area contributed by atoms with Crippen LogP contribution in [0.2, 0.25) is 0 Å². The lowest BCUT2D eigenvalue weighted by molar-refractivity contribution is 0.260. The number of hydrogen-bond acceptors (Lipinski definition) is 3. The first-order valence-electron chi connectivity index (χ1n) is 7.89. The molecule has 2 aliphatic rings. The molecule has 1 aliphatic heterocycles. The third-order valence-corrected chi connectivity index (χ3v) is 6.11. The maximum Gasteiger partial charge on any atom is 0.279 e. The number of hydrogen-bond donors (Lipinski definition) is 2. The van der Waals surface area contributed by atoms with Gasteiger partial charge in [-0.15, -0.1) is 0 Å². The van der Waals surface area contributed by atoms with Crippen LogP contribution in [0.5, 0.6) is 0 Å². The van der Waals surface area contributed by atoms with E-state index < -0.39 is 10.2 Å². The molecule has 0 aromatic rings.